The van der Waals surface area contributed by atoms with Crippen LogP contribution in [0.25, 0.3) is 17.3 Å². The molecular formula is C21H17N3O4. The lowest BCUT2D eigenvalue weighted by atomic mass is 10.1. The summed E-state index contributed by atoms with van der Waals surface area (Å²) in [5.74, 6) is 1.12. The molecule has 0 saturated carbocycles. The van der Waals surface area contributed by atoms with Crippen molar-refractivity contribution in [3.8, 4) is 23.3 Å². The summed E-state index contributed by atoms with van der Waals surface area (Å²) in [4.78, 5) is 10.4. The lowest BCUT2D eigenvalue weighted by molar-refractivity contribution is -0.384. The Hall–Kier alpha value is -4.05. The SMILES string of the molecule is COc1ccc(C(C#N)=Cc2cccn2-c2ccc([N+](=O)[O-])cc2)cc1OC. The lowest BCUT2D eigenvalue weighted by Gasteiger charge is -2.10. The summed E-state index contributed by atoms with van der Waals surface area (Å²) in [5.41, 5.74) is 2.68. The second-order valence-corrected chi connectivity index (χ2v) is 5.82. The molecule has 28 heavy (non-hydrogen) atoms. The molecule has 0 fully saturated rings. The second kappa shape index (κ2) is 8.10. The average Bonchev–Trinajstić information content (AvgIpc) is 3.19. The van der Waals surface area contributed by atoms with Gasteiger partial charge in [0.05, 0.1) is 30.8 Å². The highest BCUT2D eigenvalue weighted by Crippen LogP contribution is 2.31. The summed E-state index contributed by atoms with van der Waals surface area (Å²) in [7, 11) is 3.09. The molecule has 1 heterocycles. The van der Waals surface area contributed by atoms with Crippen LogP contribution in [0.15, 0.2) is 60.8 Å². The van der Waals surface area contributed by atoms with E-state index in [4.69, 9.17) is 9.47 Å². The highest BCUT2D eigenvalue weighted by atomic mass is 16.6. The van der Waals surface area contributed by atoms with E-state index in [0.29, 0.717) is 22.6 Å². The number of methoxy groups -OCH3 is 2. The van der Waals surface area contributed by atoms with Crippen LogP contribution in [-0.2, 0) is 0 Å². The van der Waals surface area contributed by atoms with Gasteiger partial charge >= 0.3 is 0 Å². The van der Waals surface area contributed by atoms with Crippen molar-refractivity contribution in [2.45, 2.75) is 0 Å². The van der Waals surface area contributed by atoms with Crippen molar-refractivity contribution in [2.24, 2.45) is 0 Å². The van der Waals surface area contributed by atoms with Gasteiger partial charge in [-0.05, 0) is 54.1 Å². The number of aromatic nitrogens is 1. The number of benzene rings is 2. The van der Waals surface area contributed by atoms with Gasteiger partial charge in [0.25, 0.3) is 5.69 Å². The monoisotopic (exact) mass is 375 g/mol. The molecular weight excluding hydrogens is 358 g/mol. The Kier molecular flexibility index (Phi) is 5.42. The Morgan fingerprint density at radius 1 is 1.11 bits per heavy atom. The Balaban J connectivity index is 2.00. The van der Waals surface area contributed by atoms with Crippen LogP contribution in [0.2, 0.25) is 0 Å². The van der Waals surface area contributed by atoms with E-state index in [9.17, 15) is 15.4 Å². The molecule has 3 aromatic rings. The minimum Gasteiger partial charge on any atom is -0.493 e. The van der Waals surface area contributed by atoms with E-state index >= 15 is 0 Å². The van der Waals surface area contributed by atoms with Gasteiger partial charge < -0.3 is 14.0 Å². The van der Waals surface area contributed by atoms with Crippen LogP contribution < -0.4 is 9.47 Å². The molecule has 7 heteroatoms. The van der Waals surface area contributed by atoms with Crippen molar-refractivity contribution >= 4 is 17.3 Å². The molecule has 0 amide bonds. The molecule has 3 rings (SSSR count). The van der Waals surface area contributed by atoms with E-state index in [2.05, 4.69) is 6.07 Å². The fraction of sp³-hybridized carbons (Fsp3) is 0.0952. The van der Waals surface area contributed by atoms with E-state index in [1.165, 1.54) is 19.2 Å². The Morgan fingerprint density at radius 3 is 2.43 bits per heavy atom. The number of ether oxygens (including phenoxy) is 2. The van der Waals surface area contributed by atoms with Crippen molar-refractivity contribution in [3.63, 3.8) is 0 Å². The minimum atomic E-state index is -0.439. The summed E-state index contributed by atoms with van der Waals surface area (Å²) < 4.78 is 12.4. The molecule has 0 N–H and O–H groups in total. The van der Waals surface area contributed by atoms with E-state index in [-0.39, 0.29) is 5.69 Å². The Bertz CT molecular complexity index is 1080. The normalized spacial score (nSPS) is 11.0. The molecule has 0 aliphatic carbocycles. The van der Waals surface area contributed by atoms with Crippen LogP contribution in [0.5, 0.6) is 11.5 Å². The first-order chi connectivity index (χ1) is 13.6. The second-order valence-electron chi connectivity index (χ2n) is 5.82. The Labute approximate surface area is 161 Å². The highest BCUT2D eigenvalue weighted by Gasteiger charge is 2.10. The first-order valence-electron chi connectivity index (χ1n) is 8.33. The first-order valence-corrected chi connectivity index (χ1v) is 8.33. The van der Waals surface area contributed by atoms with Crippen molar-refractivity contribution in [1.82, 2.24) is 4.57 Å². The lowest BCUT2D eigenvalue weighted by Crippen LogP contribution is -1.96. The van der Waals surface area contributed by atoms with E-state index in [1.807, 2.05) is 22.9 Å². The maximum absolute atomic E-state index is 10.8. The quantitative estimate of drug-likeness (QED) is 0.360. The maximum atomic E-state index is 10.8. The van der Waals surface area contributed by atoms with Gasteiger partial charge in [0.2, 0.25) is 0 Å². The fourth-order valence-corrected chi connectivity index (χ4v) is 2.81. The molecule has 0 aliphatic heterocycles. The average molecular weight is 375 g/mol. The number of allylic oxidation sites excluding steroid dienone is 1. The zero-order valence-corrected chi connectivity index (χ0v) is 15.3. The van der Waals surface area contributed by atoms with Gasteiger partial charge in [-0.15, -0.1) is 0 Å². The zero-order valence-electron chi connectivity index (χ0n) is 15.3. The number of rotatable bonds is 6. The van der Waals surface area contributed by atoms with Crippen molar-refractivity contribution in [1.29, 1.82) is 5.26 Å². The molecule has 140 valence electrons. The van der Waals surface area contributed by atoms with E-state index < -0.39 is 4.92 Å². The summed E-state index contributed by atoms with van der Waals surface area (Å²) in [5, 5.41) is 20.5. The third kappa shape index (κ3) is 3.71. The van der Waals surface area contributed by atoms with Crippen LogP contribution in [0.3, 0.4) is 0 Å². The van der Waals surface area contributed by atoms with Gasteiger partial charge in [-0.2, -0.15) is 5.26 Å². The van der Waals surface area contributed by atoms with Crippen molar-refractivity contribution < 1.29 is 14.4 Å². The fourth-order valence-electron chi connectivity index (χ4n) is 2.81. The van der Waals surface area contributed by atoms with Crippen LogP contribution in [0.4, 0.5) is 5.69 Å². The van der Waals surface area contributed by atoms with E-state index in [1.54, 1.807) is 43.5 Å². The van der Waals surface area contributed by atoms with Crippen LogP contribution in [0.1, 0.15) is 11.3 Å². The molecule has 0 unspecified atom stereocenters. The first kappa shape index (κ1) is 18.7. The topological polar surface area (TPSA) is 90.3 Å². The van der Waals surface area contributed by atoms with Gasteiger partial charge in [-0.3, -0.25) is 10.1 Å². The zero-order chi connectivity index (χ0) is 20.1. The third-order valence-corrected chi connectivity index (χ3v) is 4.23. The third-order valence-electron chi connectivity index (χ3n) is 4.23. The van der Waals surface area contributed by atoms with Crippen molar-refractivity contribution in [3.05, 3.63) is 82.2 Å². The summed E-state index contributed by atoms with van der Waals surface area (Å²) in [6.45, 7) is 0. The highest BCUT2D eigenvalue weighted by molar-refractivity contribution is 5.90. The van der Waals surface area contributed by atoms with Gasteiger partial charge in [0.15, 0.2) is 11.5 Å². The van der Waals surface area contributed by atoms with Crippen molar-refractivity contribution in [2.75, 3.05) is 14.2 Å². The number of nitro benzene ring substituents is 1. The summed E-state index contributed by atoms with van der Waals surface area (Å²) in [6, 6.07) is 17.4. The molecule has 0 saturated heterocycles. The van der Waals surface area contributed by atoms with Gasteiger partial charge in [-0.25, -0.2) is 0 Å². The standard InChI is InChI=1S/C21H17N3O4/c1-27-20-10-5-15(13-21(20)28-2)16(14-22)12-19-4-3-11-23(19)17-6-8-18(9-7-17)24(25)26/h3-13H,1-2H3. The maximum Gasteiger partial charge on any atom is 0.269 e. The number of nitrogens with zero attached hydrogens (tertiary/aromatic N) is 3. The molecule has 1 aromatic heterocycles. The predicted octanol–water partition coefficient (Wildman–Crippen LogP) is 4.47. The molecule has 0 spiro atoms. The molecule has 0 aliphatic rings. The largest absolute Gasteiger partial charge is 0.493 e. The summed E-state index contributed by atoms with van der Waals surface area (Å²) in [6.07, 6.45) is 3.58. The van der Waals surface area contributed by atoms with Crippen LogP contribution in [0, 0.1) is 21.4 Å². The van der Waals surface area contributed by atoms with Crippen LogP contribution in [-0.4, -0.2) is 23.7 Å². The number of hydrogen-bond acceptors (Lipinski definition) is 5. The summed E-state index contributed by atoms with van der Waals surface area (Å²) >= 11 is 0. The number of hydrogen-bond donors (Lipinski definition) is 0. The molecule has 0 atom stereocenters. The molecule has 2 aromatic carbocycles. The minimum absolute atomic E-state index is 0.0241. The number of nitriles is 1. The Morgan fingerprint density at radius 2 is 1.82 bits per heavy atom. The van der Waals surface area contributed by atoms with Crippen LogP contribution >= 0.6 is 0 Å². The number of nitro groups is 1. The molecule has 0 radical (unpaired) electrons. The van der Waals surface area contributed by atoms with Gasteiger partial charge in [0.1, 0.15) is 0 Å². The van der Waals surface area contributed by atoms with Gasteiger partial charge in [-0.1, -0.05) is 0 Å². The molecule has 7 nitrogen and oxygen atoms in total. The molecule has 0 bridgehead atoms. The predicted molar refractivity (Wildman–Crippen MR) is 105 cm³/mol. The number of non-ortho nitro benzene ring substituents is 1. The van der Waals surface area contributed by atoms with E-state index in [0.717, 1.165) is 11.4 Å². The van der Waals surface area contributed by atoms with Gasteiger partial charge in [0, 0.05) is 29.7 Å². The smallest absolute Gasteiger partial charge is 0.269 e.